The summed E-state index contributed by atoms with van der Waals surface area (Å²) in [5.74, 6) is 5.35. The molecule has 0 amide bonds. The maximum atomic E-state index is 2.17. The van der Waals surface area contributed by atoms with Gasteiger partial charge in [0.1, 0.15) is 0 Å². The Kier molecular flexibility index (Phi) is 18.0. The van der Waals surface area contributed by atoms with Crippen molar-refractivity contribution >= 4 is 37.0 Å². The highest BCUT2D eigenvalue weighted by molar-refractivity contribution is 7.99. The average molecular weight is 212 g/mol. The van der Waals surface area contributed by atoms with Gasteiger partial charge in [0.2, 0.25) is 0 Å². The van der Waals surface area contributed by atoms with E-state index >= 15 is 0 Å². The Morgan fingerprint density at radius 2 is 1.55 bits per heavy atom. The smallest absolute Gasteiger partial charge is 0.00672 e. The van der Waals surface area contributed by atoms with Crippen LogP contribution in [0.5, 0.6) is 0 Å². The zero-order valence-corrected chi connectivity index (χ0v) is 10.2. The van der Waals surface area contributed by atoms with Crippen LogP contribution in [0.15, 0.2) is 0 Å². The quantitative estimate of drug-likeness (QED) is 0.688. The topological polar surface area (TPSA) is 0 Å². The first kappa shape index (κ1) is 14.6. The Morgan fingerprint density at radius 3 is 1.64 bits per heavy atom. The summed E-state index contributed by atoms with van der Waals surface area (Å²) in [7, 11) is 0. The maximum Gasteiger partial charge on any atom is -0.00672 e. The van der Waals surface area contributed by atoms with Gasteiger partial charge in [-0.25, -0.2) is 0 Å². The number of thioether (sulfide) groups is 2. The first-order valence-corrected chi connectivity index (χ1v) is 6.38. The molecule has 11 heavy (non-hydrogen) atoms. The van der Waals surface area contributed by atoms with E-state index in [2.05, 4.69) is 25.6 Å². The highest BCUT2D eigenvalue weighted by atomic mass is 32.2. The van der Waals surface area contributed by atoms with E-state index in [0.29, 0.717) is 0 Å². The Morgan fingerprint density at radius 1 is 1.09 bits per heavy atom. The van der Waals surface area contributed by atoms with Crippen LogP contribution in [0.1, 0.15) is 26.7 Å². The van der Waals surface area contributed by atoms with E-state index in [4.69, 9.17) is 0 Å². The molecule has 0 N–H and O–H groups in total. The highest BCUT2D eigenvalue weighted by Gasteiger charge is 1.95. The second-order valence-corrected chi connectivity index (χ2v) is 4.89. The summed E-state index contributed by atoms with van der Waals surface area (Å²) in [4.78, 5) is 0. The zero-order valence-electron chi connectivity index (χ0n) is 7.56. The van der Waals surface area contributed by atoms with E-state index in [1.54, 1.807) is 0 Å². The largest absolute Gasteiger partial charge is 0.197 e. The Hall–Kier alpha value is 1.05. The third kappa shape index (κ3) is 14.0. The molecule has 0 nitrogen and oxygen atoms in total. The van der Waals surface area contributed by atoms with Crippen molar-refractivity contribution in [3.63, 3.8) is 0 Å². The monoisotopic (exact) mass is 212 g/mol. The van der Waals surface area contributed by atoms with Crippen LogP contribution in [-0.2, 0) is 0 Å². The molecule has 1 saturated heterocycles. The van der Waals surface area contributed by atoms with Gasteiger partial charge in [-0.1, -0.05) is 13.8 Å². The van der Waals surface area contributed by atoms with Gasteiger partial charge in [0.15, 0.2) is 0 Å². The highest BCUT2D eigenvalue weighted by Crippen LogP contribution is 2.14. The average Bonchev–Trinajstić information content (AvgIpc) is 2.44. The van der Waals surface area contributed by atoms with Gasteiger partial charge in [-0.05, 0) is 35.9 Å². The zero-order chi connectivity index (χ0) is 7.66. The lowest BCUT2D eigenvalue weighted by Gasteiger charge is -1.80. The summed E-state index contributed by atoms with van der Waals surface area (Å²) in [6.45, 7) is 4.35. The van der Waals surface area contributed by atoms with Crippen LogP contribution in [0.4, 0.5) is 0 Å². The van der Waals surface area contributed by atoms with Crippen molar-refractivity contribution in [2.45, 2.75) is 26.7 Å². The molecule has 1 aliphatic rings. The minimum absolute atomic E-state index is 0. The lowest BCUT2D eigenvalue weighted by molar-refractivity contribution is 0.949. The molecule has 1 rings (SSSR count). The fourth-order valence-corrected chi connectivity index (χ4v) is 2.14. The number of hydrogen-bond acceptors (Lipinski definition) is 2. The predicted octanol–water partition coefficient (Wildman–Crippen LogP) is 3.39. The molecule has 0 aromatic rings. The van der Waals surface area contributed by atoms with E-state index in [9.17, 15) is 0 Å². The summed E-state index contributed by atoms with van der Waals surface area (Å²) in [6, 6.07) is 0. The van der Waals surface area contributed by atoms with E-state index in [0.717, 1.165) is 0 Å². The third-order valence-electron chi connectivity index (χ3n) is 1.24. The van der Waals surface area contributed by atoms with Gasteiger partial charge in [0, 0.05) is 0 Å². The molecule has 1 fully saturated rings. The van der Waals surface area contributed by atoms with Crippen molar-refractivity contribution < 1.29 is 0 Å². The van der Waals surface area contributed by atoms with Gasteiger partial charge >= 0.3 is 0 Å². The molecule has 1 heterocycles. The lowest BCUT2D eigenvalue weighted by atomic mass is 10.4. The number of rotatable bonds is 2. The minimum atomic E-state index is 0. The first-order chi connectivity index (χ1) is 4.91. The van der Waals surface area contributed by atoms with Gasteiger partial charge < -0.3 is 0 Å². The standard InChI is InChI=1S/C4H8S.C4H10S.H2S/c1-2-4-5-3-1;1-3-5-4-2;/h1-4H2;3-4H2,1-2H3;1H2. The summed E-state index contributed by atoms with van der Waals surface area (Å²) >= 11 is 4.04. The van der Waals surface area contributed by atoms with Crippen LogP contribution in [0.2, 0.25) is 0 Å². The SMILES string of the molecule is C1CCSC1.CCSCC.S. The molecule has 0 aliphatic carbocycles. The molecule has 0 spiro atoms. The van der Waals surface area contributed by atoms with Crippen LogP contribution >= 0.6 is 37.0 Å². The van der Waals surface area contributed by atoms with Gasteiger partial charge in [-0.15, -0.1) is 0 Å². The van der Waals surface area contributed by atoms with Gasteiger partial charge in [-0.3, -0.25) is 0 Å². The van der Waals surface area contributed by atoms with Crippen molar-refractivity contribution in [1.29, 1.82) is 0 Å². The van der Waals surface area contributed by atoms with E-state index in [-0.39, 0.29) is 13.5 Å². The second-order valence-electron chi connectivity index (χ2n) is 2.10. The van der Waals surface area contributed by atoms with Crippen LogP contribution in [0.3, 0.4) is 0 Å². The summed E-state index contributed by atoms with van der Waals surface area (Å²) in [6.07, 6.45) is 2.93. The molecule has 0 aromatic heterocycles. The minimum Gasteiger partial charge on any atom is -0.197 e. The molecule has 0 unspecified atom stereocenters. The van der Waals surface area contributed by atoms with E-state index in [1.807, 2.05) is 11.8 Å². The Labute approximate surface area is 86.7 Å². The van der Waals surface area contributed by atoms with E-state index in [1.165, 1.54) is 35.9 Å². The summed E-state index contributed by atoms with van der Waals surface area (Å²) < 4.78 is 0. The van der Waals surface area contributed by atoms with Gasteiger partial charge in [0.05, 0.1) is 0 Å². The van der Waals surface area contributed by atoms with E-state index < -0.39 is 0 Å². The first-order valence-electron chi connectivity index (χ1n) is 4.07. The molecule has 0 radical (unpaired) electrons. The van der Waals surface area contributed by atoms with Crippen molar-refractivity contribution in [2.75, 3.05) is 23.0 Å². The van der Waals surface area contributed by atoms with Gasteiger partial charge in [0.25, 0.3) is 0 Å². The third-order valence-corrected chi connectivity index (χ3v) is 3.21. The van der Waals surface area contributed by atoms with Crippen LogP contribution in [-0.4, -0.2) is 23.0 Å². The molecule has 1 aliphatic heterocycles. The van der Waals surface area contributed by atoms with Crippen molar-refractivity contribution in [1.82, 2.24) is 0 Å². The predicted molar refractivity (Wildman–Crippen MR) is 65.6 cm³/mol. The van der Waals surface area contributed by atoms with Crippen molar-refractivity contribution in [2.24, 2.45) is 0 Å². The number of hydrogen-bond donors (Lipinski definition) is 0. The molecule has 0 atom stereocenters. The molecule has 0 aromatic carbocycles. The molecule has 0 saturated carbocycles. The Balaban J connectivity index is 0. The van der Waals surface area contributed by atoms with Crippen molar-refractivity contribution in [3.05, 3.63) is 0 Å². The second kappa shape index (κ2) is 13.6. The fraction of sp³-hybridized carbons (Fsp3) is 1.00. The molecule has 70 valence electrons. The van der Waals surface area contributed by atoms with Crippen LogP contribution < -0.4 is 0 Å². The van der Waals surface area contributed by atoms with Crippen LogP contribution in [0, 0.1) is 0 Å². The Bertz CT molecular complexity index is 43.7. The molecular weight excluding hydrogens is 192 g/mol. The van der Waals surface area contributed by atoms with Gasteiger partial charge in [-0.2, -0.15) is 37.0 Å². The lowest BCUT2D eigenvalue weighted by Crippen LogP contribution is -1.64. The van der Waals surface area contributed by atoms with Crippen LogP contribution in [0.25, 0.3) is 0 Å². The fourth-order valence-electron chi connectivity index (χ4n) is 0.714. The molecule has 0 bridgehead atoms. The maximum absolute atomic E-state index is 2.17. The summed E-state index contributed by atoms with van der Waals surface area (Å²) in [5.41, 5.74) is 0. The molecule has 3 heteroatoms. The summed E-state index contributed by atoms with van der Waals surface area (Å²) in [5, 5.41) is 0. The van der Waals surface area contributed by atoms with Crippen molar-refractivity contribution in [3.8, 4) is 0 Å². The normalized spacial score (nSPS) is 14.7. The molecular formula is C8H20S3.